The lowest BCUT2D eigenvalue weighted by atomic mass is 9.85. The van der Waals surface area contributed by atoms with Crippen LogP contribution in [0.2, 0.25) is 0 Å². The van der Waals surface area contributed by atoms with E-state index in [1.807, 2.05) is 88.7 Å². The van der Waals surface area contributed by atoms with Crippen LogP contribution in [0.4, 0.5) is 4.79 Å². The van der Waals surface area contributed by atoms with Gasteiger partial charge in [0.2, 0.25) is 23.6 Å². The van der Waals surface area contributed by atoms with Crippen LogP contribution in [0.25, 0.3) is 10.4 Å². The van der Waals surface area contributed by atoms with Crippen molar-refractivity contribution in [2.24, 2.45) is 11.1 Å². The van der Waals surface area contributed by atoms with Gasteiger partial charge in [0.05, 0.1) is 40.9 Å². The maximum absolute atomic E-state index is 14.0. The maximum Gasteiger partial charge on any atom is 0.407 e. The Bertz CT molecular complexity index is 1940. The minimum absolute atomic E-state index is 0.0102. The molecule has 0 bridgehead atoms. The number of alkyl carbamates (subject to hydrolysis) is 1. The van der Waals surface area contributed by atoms with Crippen molar-refractivity contribution in [3.05, 3.63) is 76.4 Å². The summed E-state index contributed by atoms with van der Waals surface area (Å²) in [6, 6.07) is 13.6. The quantitative estimate of drug-likeness (QED) is 0.0869. The van der Waals surface area contributed by atoms with E-state index >= 15 is 0 Å². The molecule has 15 nitrogen and oxygen atoms in total. The number of aliphatic hydroxyl groups excluding tert-OH is 1. The third-order valence-corrected chi connectivity index (χ3v) is 11.4. The van der Waals surface area contributed by atoms with E-state index in [0.29, 0.717) is 26.1 Å². The van der Waals surface area contributed by atoms with E-state index < -0.39 is 65.2 Å². The summed E-state index contributed by atoms with van der Waals surface area (Å²) < 4.78 is 17.1. The van der Waals surface area contributed by atoms with Crippen LogP contribution in [0.5, 0.6) is 0 Å². The van der Waals surface area contributed by atoms with Crippen molar-refractivity contribution >= 4 is 41.1 Å². The predicted molar refractivity (Wildman–Crippen MR) is 238 cm³/mol. The van der Waals surface area contributed by atoms with E-state index in [-0.39, 0.29) is 38.4 Å². The van der Waals surface area contributed by atoms with Gasteiger partial charge in [-0.05, 0) is 88.0 Å². The van der Waals surface area contributed by atoms with E-state index in [2.05, 4.69) is 20.9 Å². The van der Waals surface area contributed by atoms with Gasteiger partial charge in [-0.25, -0.2) is 9.78 Å². The molecule has 5 amide bonds. The van der Waals surface area contributed by atoms with Crippen molar-refractivity contribution in [2.45, 2.75) is 143 Å². The SMILES string of the molecule is Cc1ncsc1-c1ccc(CNC(=O)[C@@H]2C[C@H](O)CN2C(=O)[C@@H](NC(=O)COCCCCc2ccc(CO[C@H](C)[C@H](CCC(N)=O)NC(=O)OC(C)(C)C)cc2)C(C)(C)C)cc1. The van der Waals surface area contributed by atoms with Gasteiger partial charge in [0, 0.05) is 32.5 Å². The Kier molecular flexibility index (Phi) is 18.4. The first-order valence-corrected chi connectivity index (χ1v) is 22.2. The van der Waals surface area contributed by atoms with Gasteiger partial charge in [0.1, 0.15) is 24.3 Å². The number of benzene rings is 2. The Hall–Kier alpha value is -4.90. The molecule has 2 heterocycles. The molecule has 340 valence electrons. The van der Waals surface area contributed by atoms with Crippen LogP contribution in [-0.2, 0) is 53.0 Å². The van der Waals surface area contributed by atoms with Gasteiger partial charge in [-0.3, -0.25) is 19.2 Å². The molecule has 1 aliphatic rings. The lowest BCUT2D eigenvalue weighted by molar-refractivity contribution is -0.144. The normalized spacial score (nSPS) is 16.9. The molecule has 2 aromatic carbocycles. The number of aliphatic hydroxyl groups is 1. The molecule has 6 N–H and O–H groups in total. The van der Waals surface area contributed by atoms with Crippen molar-refractivity contribution in [1.82, 2.24) is 25.8 Å². The van der Waals surface area contributed by atoms with Crippen LogP contribution in [0, 0.1) is 12.3 Å². The Balaban J connectivity index is 1.18. The molecule has 1 aromatic heterocycles. The lowest BCUT2D eigenvalue weighted by Crippen LogP contribution is -2.58. The molecule has 0 radical (unpaired) electrons. The molecule has 62 heavy (non-hydrogen) atoms. The number of nitrogens with two attached hydrogens (primary N) is 1. The highest BCUT2D eigenvalue weighted by molar-refractivity contribution is 7.13. The number of amides is 5. The number of ether oxygens (including phenoxy) is 3. The summed E-state index contributed by atoms with van der Waals surface area (Å²) in [5, 5.41) is 19.1. The zero-order valence-corrected chi connectivity index (χ0v) is 38.3. The Morgan fingerprint density at radius 1 is 0.952 bits per heavy atom. The molecule has 3 aromatic rings. The second kappa shape index (κ2) is 23.0. The maximum atomic E-state index is 14.0. The Labute approximate surface area is 369 Å². The average molecular weight is 879 g/mol. The smallest absolute Gasteiger partial charge is 0.407 e. The van der Waals surface area contributed by atoms with Crippen LogP contribution >= 0.6 is 11.3 Å². The number of unbranched alkanes of at least 4 members (excludes halogenated alkanes) is 1. The highest BCUT2D eigenvalue weighted by Gasteiger charge is 2.44. The molecule has 0 aliphatic carbocycles. The van der Waals surface area contributed by atoms with E-state index in [9.17, 15) is 29.1 Å². The van der Waals surface area contributed by atoms with Crippen molar-refractivity contribution in [2.75, 3.05) is 19.8 Å². The number of β-amino-alcohol motifs (C(OH)–C–C–N with tert-alkyl or cyclic N) is 1. The van der Waals surface area contributed by atoms with Crippen molar-refractivity contribution in [3.63, 3.8) is 0 Å². The molecule has 1 fully saturated rings. The standard InChI is InChI=1S/C46H66N6O9S/c1-29-40(62-28-49-29)34-18-16-32(17-19-34)24-48-42(56)37-23-35(53)25-52(37)43(57)41(45(3,4)5)51-39(55)27-59-22-10-9-11-31-12-14-33(15-13-31)26-60-30(2)36(20-21-38(47)54)50-44(58)61-46(6,7)8/h12-19,28,30,35-37,41,53H,9-11,20-27H2,1-8H3,(H2,47,54)(H,48,56)(H,50,58)(H,51,55)/t30-,35+,36+,37+,41-/m1/s1. The molecule has 0 saturated carbocycles. The van der Waals surface area contributed by atoms with Crippen LogP contribution in [0.1, 0.15) is 103 Å². The molecule has 16 heteroatoms. The van der Waals surface area contributed by atoms with Gasteiger partial charge >= 0.3 is 6.09 Å². The summed E-state index contributed by atoms with van der Waals surface area (Å²) in [6.45, 7) is 15.3. The fourth-order valence-corrected chi connectivity index (χ4v) is 7.82. The molecule has 4 rings (SSSR count). The summed E-state index contributed by atoms with van der Waals surface area (Å²) >= 11 is 1.57. The van der Waals surface area contributed by atoms with Crippen molar-refractivity contribution in [3.8, 4) is 10.4 Å². The lowest BCUT2D eigenvalue weighted by Gasteiger charge is -2.35. The average Bonchev–Trinajstić information content (AvgIpc) is 3.82. The number of primary amides is 1. The minimum Gasteiger partial charge on any atom is -0.444 e. The number of rotatable bonds is 21. The first-order valence-electron chi connectivity index (χ1n) is 21.3. The summed E-state index contributed by atoms with van der Waals surface area (Å²) in [5.41, 5.74) is 10.8. The topological polar surface area (TPSA) is 212 Å². The number of thiazole rings is 1. The molecule has 1 aliphatic heterocycles. The number of hydrogen-bond donors (Lipinski definition) is 5. The molecule has 1 saturated heterocycles. The molecular formula is C46H66N6O9S. The van der Waals surface area contributed by atoms with Crippen molar-refractivity contribution in [1.29, 1.82) is 0 Å². The third kappa shape index (κ3) is 16.1. The number of nitrogens with one attached hydrogen (secondary N) is 3. The van der Waals surface area contributed by atoms with Gasteiger partial charge in [-0.1, -0.05) is 69.3 Å². The van der Waals surface area contributed by atoms with Gasteiger partial charge in [0.15, 0.2) is 0 Å². The van der Waals surface area contributed by atoms with E-state index in [1.165, 1.54) is 4.90 Å². The number of aryl methyl sites for hydroxylation is 2. The van der Waals surface area contributed by atoms with E-state index in [1.54, 1.807) is 32.1 Å². The largest absolute Gasteiger partial charge is 0.444 e. The van der Waals surface area contributed by atoms with E-state index in [0.717, 1.165) is 45.7 Å². The fourth-order valence-electron chi connectivity index (χ4n) is 7.01. The molecular weight excluding hydrogens is 813 g/mol. The van der Waals surface area contributed by atoms with E-state index in [4.69, 9.17) is 19.9 Å². The first-order chi connectivity index (χ1) is 29.2. The van der Waals surface area contributed by atoms with Gasteiger partial charge in [-0.15, -0.1) is 11.3 Å². The second-order valence-corrected chi connectivity index (χ2v) is 18.9. The highest BCUT2D eigenvalue weighted by atomic mass is 32.1. The summed E-state index contributed by atoms with van der Waals surface area (Å²) in [6.07, 6.45) is 1.00. The number of aromatic nitrogens is 1. The van der Waals surface area contributed by atoms with Gasteiger partial charge < -0.3 is 45.9 Å². The Morgan fingerprint density at radius 3 is 2.23 bits per heavy atom. The number of nitrogens with zero attached hydrogens (tertiary/aromatic N) is 2. The van der Waals surface area contributed by atoms with Gasteiger partial charge in [-0.2, -0.15) is 0 Å². The van der Waals surface area contributed by atoms with Crippen molar-refractivity contribution < 1.29 is 43.3 Å². The Morgan fingerprint density at radius 2 is 1.61 bits per heavy atom. The summed E-state index contributed by atoms with van der Waals surface area (Å²) in [7, 11) is 0. The first kappa shape index (κ1) is 49.8. The number of carbonyl (C=O) groups excluding carboxylic acids is 5. The number of likely N-dealkylation sites (tertiary alicyclic amines) is 1. The summed E-state index contributed by atoms with van der Waals surface area (Å²) in [5.74, 6) is -1.70. The van der Waals surface area contributed by atoms with Crippen LogP contribution in [0.15, 0.2) is 54.0 Å². The second-order valence-electron chi connectivity index (χ2n) is 18.0. The highest BCUT2D eigenvalue weighted by Crippen LogP contribution is 2.28. The fraction of sp³-hybridized carbons (Fsp3) is 0.565. The number of hydrogen-bond acceptors (Lipinski definition) is 11. The molecule has 5 atom stereocenters. The molecule has 0 spiro atoms. The summed E-state index contributed by atoms with van der Waals surface area (Å²) in [4.78, 5) is 71.0. The minimum atomic E-state index is -0.948. The zero-order valence-electron chi connectivity index (χ0n) is 37.5. The predicted octanol–water partition coefficient (Wildman–Crippen LogP) is 5.33. The van der Waals surface area contributed by atoms with Crippen LogP contribution in [0.3, 0.4) is 0 Å². The van der Waals surface area contributed by atoms with Crippen LogP contribution < -0.4 is 21.7 Å². The monoisotopic (exact) mass is 878 g/mol. The van der Waals surface area contributed by atoms with Gasteiger partial charge in [0.25, 0.3) is 0 Å². The molecule has 0 unspecified atom stereocenters. The third-order valence-electron chi connectivity index (χ3n) is 10.5. The number of carbonyl (C=O) groups is 5. The zero-order chi connectivity index (χ0) is 45.6. The van der Waals surface area contributed by atoms with Crippen LogP contribution in [-0.4, -0.2) is 100 Å².